The van der Waals surface area contributed by atoms with Crippen molar-refractivity contribution in [3.05, 3.63) is 60.0 Å². The summed E-state index contributed by atoms with van der Waals surface area (Å²) >= 11 is 0. The second-order valence-corrected chi connectivity index (χ2v) is 10.2. The summed E-state index contributed by atoms with van der Waals surface area (Å²) in [6.45, 7) is 4.84. The van der Waals surface area contributed by atoms with Crippen LogP contribution in [0.25, 0.3) is 11.1 Å². The van der Waals surface area contributed by atoms with Crippen molar-refractivity contribution in [2.45, 2.75) is 63.4 Å². The maximum absolute atomic E-state index is 11.2. The first-order valence-corrected chi connectivity index (χ1v) is 12.0. The van der Waals surface area contributed by atoms with Crippen LogP contribution in [0.5, 0.6) is 0 Å². The predicted molar refractivity (Wildman–Crippen MR) is 129 cm³/mol. The van der Waals surface area contributed by atoms with Gasteiger partial charge in [-0.25, -0.2) is 0 Å². The van der Waals surface area contributed by atoms with E-state index in [9.17, 15) is 9.90 Å². The molecule has 3 heterocycles. The third kappa shape index (κ3) is 4.57. The van der Waals surface area contributed by atoms with Crippen LogP contribution in [0.3, 0.4) is 0 Å². The number of hydrogen-bond donors (Lipinski definition) is 2. The number of hydrogen-bond acceptors (Lipinski definition) is 6. The lowest BCUT2D eigenvalue weighted by Crippen LogP contribution is -2.54. The molecule has 3 aromatic rings. The van der Waals surface area contributed by atoms with Gasteiger partial charge in [0.25, 0.3) is 0 Å². The minimum absolute atomic E-state index is 0.00502. The monoisotopic (exact) mass is 461 g/mol. The summed E-state index contributed by atoms with van der Waals surface area (Å²) in [6, 6.07) is 17.3. The van der Waals surface area contributed by atoms with Gasteiger partial charge in [0.05, 0.1) is 18.6 Å². The topological polar surface area (TPSA) is 97.5 Å². The molecule has 1 saturated carbocycles. The third-order valence-electron chi connectivity index (χ3n) is 7.26. The molecule has 2 aromatic carbocycles. The van der Waals surface area contributed by atoms with Gasteiger partial charge in [-0.2, -0.15) is 0 Å². The Labute approximate surface area is 199 Å². The van der Waals surface area contributed by atoms with Crippen LogP contribution < -0.4 is 5.32 Å². The van der Waals surface area contributed by atoms with Gasteiger partial charge in [0.2, 0.25) is 5.89 Å². The largest absolute Gasteiger partial charge is 0.481 e. The zero-order valence-corrected chi connectivity index (χ0v) is 19.7. The minimum atomic E-state index is -0.770. The Morgan fingerprint density at radius 2 is 1.65 bits per heavy atom. The standard InChI is InChI=1S/C27H31N3O4/c1-18(2)15-23-29-30-25(34-23)28-22-9-5-20(6-10-22)19-3-7-21(8-4-19)26-11-13-27(14-12-26,33-17-26)16-24(31)32/h3-10,18H,11-17H2,1-2H3,(H,28,30)(H,31,32). The number of aliphatic carboxylic acids is 1. The van der Waals surface area contributed by atoms with Gasteiger partial charge in [0.15, 0.2) is 0 Å². The third-order valence-corrected chi connectivity index (χ3v) is 7.26. The number of fused-ring (bicyclic) bond motifs is 3. The van der Waals surface area contributed by atoms with Crippen molar-refractivity contribution in [3.8, 4) is 11.1 Å². The van der Waals surface area contributed by atoms with Crippen molar-refractivity contribution < 1.29 is 19.1 Å². The fourth-order valence-corrected chi connectivity index (χ4v) is 5.26. The molecule has 34 heavy (non-hydrogen) atoms. The fraction of sp³-hybridized carbons (Fsp3) is 0.444. The van der Waals surface area contributed by atoms with E-state index in [1.807, 2.05) is 12.1 Å². The maximum atomic E-state index is 11.2. The number of benzene rings is 2. The van der Waals surface area contributed by atoms with Crippen LogP contribution in [0.15, 0.2) is 52.9 Å². The molecule has 2 bridgehead atoms. The number of aromatic nitrogens is 2. The van der Waals surface area contributed by atoms with E-state index in [2.05, 4.69) is 65.8 Å². The van der Waals surface area contributed by atoms with E-state index in [4.69, 9.17) is 9.15 Å². The number of nitrogens with one attached hydrogen (secondary N) is 1. The molecule has 1 aromatic heterocycles. The van der Waals surface area contributed by atoms with Crippen molar-refractivity contribution in [1.29, 1.82) is 0 Å². The highest BCUT2D eigenvalue weighted by molar-refractivity contribution is 5.69. The quantitative estimate of drug-likeness (QED) is 0.442. The average molecular weight is 462 g/mol. The van der Waals surface area contributed by atoms with Gasteiger partial charge in [-0.3, -0.25) is 4.79 Å². The Hall–Kier alpha value is -3.19. The summed E-state index contributed by atoms with van der Waals surface area (Å²) in [7, 11) is 0. The van der Waals surface area contributed by atoms with Gasteiger partial charge in [-0.15, -0.1) is 5.10 Å². The van der Waals surface area contributed by atoms with Gasteiger partial charge in [-0.1, -0.05) is 55.3 Å². The Kier molecular flexibility index (Phi) is 5.90. The van der Waals surface area contributed by atoms with Gasteiger partial charge in [0.1, 0.15) is 0 Å². The zero-order chi connectivity index (χ0) is 23.8. The lowest BCUT2D eigenvalue weighted by molar-refractivity contribution is -0.174. The molecule has 0 amide bonds. The zero-order valence-electron chi connectivity index (χ0n) is 19.7. The van der Waals surface area contributed by atoms with E-state index in [0.717, 1.165) is 48.9 Å². The molecule has 0 spiro atoms. The van der Waals surface area contributed by atoms with Gasteiger partial charge in [0, 0.05) is 17.5 Å². The van der Waals surface area contributed by atoms with E-state index in [0.29, 0.717) is 24.4 Å². The number of rotatable bonds is 8. The normalized spacial score (nSPS) is 23.9. The first kappa shape index (κ1) is 22.6. The number of ether oxygens (including phenoxy) is 1. The number of carboxylic acids is 1. The van der Waals surface area contributed by atoms with Crippen LogP contribution in [0.1, 0.15) is 57.4 Å². The van der Waals surface area contributed by atoms with Crippen molar-refractivity contribution in [2.75, 3.05) is 11.9 Å². The molecule has 2 saturated heterocycles. The van der Waals surface area contributed by atoms with Crippen LogP contribution in [-0.4, -0.2) is 33.5 Å². The van der Waals surface area contributed by atoms with Gasteiger partial charge in [-0.05, 0) is 60.4 Å². The van der Waals surface area contributed by atoms with Gasteiger partial charge >= 0.3 is 12.0 Å². The molecule has 2 aliphatic heterocycles. The molecule has 0 atom stereocenters. The molecule has 7 heteroatoms. The highest BCUT2D eigenvalue weighted by Gasteiger charge is 2.51. The lowest BCUT2D eigenvalue weighted by Gasteiger charge is -2.53. The van der Waals surface area contributed by atoms with Crippen LogP contribution in [0.4, 0.5) is 11.7 Å². The Morgan fingerprint density at radius 3 is 2.21 bits per heavy atom. The molecule has 2 N–H and O–H groups in total. The molecule has 3 aliphatic rings. The van der Waals surface area contributed by atoms with Crippen LogP contribution in [-0.2, 0) is 21.4 Å². The van der Waals surface area contributed by atoms with Crippen LogP contribution in [0, 0.1) is 5.92 Å². The number of carbonyl (C=O) groups is 1. The Balaban J connectivity index is 1.24. The van der Waals surface area contributed by atoms with E-state index in [1.165, 1.54) is 5.56 Å². The Bertz CT molecular complexity index is 1130. The smallest absolute Gasteiger partial charge is 0.320 e. The molecule has 0 radical (unpaired) electrons. The molecular weight excluding hydrogens is 430 g/mol. The molecule has 1 aliphatic carbocycles. The summed E-state index contributed by atoms with van der Waals surface area (Å²) in [6.07, 6.45) is 4.46. The molecular formula is C27H31N3O4. The SMILES string of the molecule is CC(C)Cc1nnc(Nc2ccc(-c3ccc(C45CCC(CC(=O)O)(CC4)OC5)cc3)cc2)o1. The van der Waals surface area contributed by atoms with Crippen molar-refractivity contribution in [2.24, 2.45) is 5.92 Å². The highest BCUT2D eigenvalue weighted by Crippen LogP contribution is 2.51. The fourth-order valence-electron chi connectivity index (χ4n) is 5.26. The maximum Gasteiger partial charge on any atom is 0.320 e. The minimum Gasteiger partial charge on any atom is -0.481 e. The first-order chi connectivity index (χ1) is 16.3. The molecule has 0 unspecified atom stereocenters. The summed E-state index contributed by atoms with van der Waals surface area (Å²) in [5, 5.41) is 20.5. The second kappa shape index (κ2) is 8.87. The van der Waals surface area contributed by atoms with Gasteiger partial charge < -0.3 is 19.6 Å². The molecule has 6 rings (SSSR count). The van der Waals surface area contributed by atoms with Crippen LogP contribution >= 0.6 is 0 Å². The van der Waals surface area contributed by atoms with Crippen molar-refractivity contribution in [3.63, 3.8) is 0 Å². The second-order valence-electron chi connectivity index (χ2n) is 10.2. The Morgan fingerprint density at radius 1 is 1.00 bits per heavy atom. The van der Waals surface area contributed by atoms with E-state index >= 15 is 0 Å². The molecule has 3 fully saturated rings. The average Bonchev–Trinajstić information content (AvgIpc) is 3.26. The summed E-state index contributed by atoms with van der Waals surface area (Å²) < 4.78 is 11.8. The molecule has 178 valence electrons. The number of carboxylic acid groups (broad SMARTS) is 1. The van der Waals surface area contributed by atoms with E-state index in [1.54, 1.807) is 0 Å². The van der Waals surface area contributed by atoms with Crippen molar-refractivity contribution in [1.82, 2.24) is 10.2 Å². The lowest BCUT2D eigenvalue weighted by atomic mass is 9.62. The summed E-state index contributed by atoms with van der Waals surface area (Å²) in [5.41, 5.74) is 4.00. The number of nitrogens with zero attached hydrogens (tertiary/aromatic N) is 2. The highest BCUT2D eigenvalue weighted by atomic mass is 16.5. The molecule has 7 nitrogen and oxygen atoms in total. The van der Waals surface area contributed by atoms with E-state index < -0.39 is 11.6 Å². The van der Waals surface area contributed by atoms with Crippen molar-refractivity contribution >= 4 is 17.7 Å². The summed E-state index contributed by atoms with van der Waals surface area (Å²) in [5.74, 6) is 0.336. The first-order valence-electron chi connectivity index (χ1n) is 12.0. The summed E-state index contributed by atoms with van der Waals surface area (Å²) in [4.78, 5) is 11.2. The van der Waals surface area contributed by atoms with Crippen LogP contribution in [0.2, 0.25) is 0 Å². The number of anilines is 2. The van der Waals surface area contributed by atoms with E-state index in [-0.39, 0.29) is 11.8 Å². The predicted octanol–water partition coefficient (Wildman–Crippen LogP) is 5.73.